The molecule has 0 amide bonds. The number of hydrogen-bond acceptors (Lipinski definition) is 3. The van der Waals surface area contributed by atoms with Gasteiger partial charge in [-0.15, -0.1) is 12.6 Å². The van der Waals surface area contributed by atoms with Crippen LogP contribution in [-0.4, -0.2) is 13.2 Å². The fourth-order valence-corrected chi connectivity index (χ4v) is 5.01. The number of rotatable bonds is 4. The van der Waals surface area contributed by atoms with Gasteiger partial charge in [-0.2, -0.15) is 0 Å². The smallest absolute Gasteiger partial charge is 0.132 e. The normalized spacial score (nSPS) is 25.1. The van der Waals surface area contributed by atoms with Crippen LogP contribution in [0, 0.1) is 5.92 Å². The van der Waals surface area contributed by atoms with Crippen LogP contribution in [0.5, 0.6) is 5.75 Å². The predicted octanol–water partition coefficient (Wildman–Crippen LogP) is 4.93. The Morgan fingerprint density at radius 3 is 2.73 bits per heavy atom. The average molecular weight is 368 g/mol. The summed E-state index contributed by atoms with van der Waals surface area (Å²) >= 11 is 4.45. The molecule has 26 heavy (non-hydrogen) atoms. The maximum atomic E-state index is 6.11. The van der Waals surface area contributed by atoms with E-state index >= 15 is 0 Å². The molecule has 4 rings (SSSR count). The Kier molecular flexibility index (Phi) is 5.28. The molecule has 138 valence electrons. The number of thiol groups is 1. The zero-order chi connectivity index (χ0) is 18.1. The molecule has 3 atom stereocenters. The summed E-state index contributed by atoms with van der Waals surface area (Å²) in [6.45, 7) is 0. The number of nitrogens with two attached hydrogens (primary N) is 1. The molecule has 3 unspecified atom stereocenters. The van der Waals surface area contributed by atoms with Crippen LogP contribution < -0.4 is 10.5 Å². The lowest BCUT2D eigenvalue weighted by Crippen LogP contribution is -2.17. The van der Waals surface area contributed by atoms with Crippen LogP contribution in [-0.2, 0) is 19.3 Å². The Balaban J connectivity index is 1.45. The number of methoxy groups -OCH3 is 1. The highest BCUT2D eigenvalue weighted by atomic mass is 32.1. The Morgan fingerprint density at radius 2 is 1.96 bits per heavy atom. The number of ether oxygens (including phenoxy) is 1. The van der Waals surface area contributed by atoms with Crippen LogP contribution in [0.2, 0.25) is 0 Å². The average Bonchev–Trinajstić information content (AvgIpc) is 3.09. The molecule has 0 aromatic heterocycles. The third-order valence-corrected chi connectivity index (χ3v) is 6.64. The lowest BCUT2D eigenvalue weighted by molar-refractivity contribution is 0.402. The van der Waals surface area contributed by atoms with Crippen LogP contribution in [0.4, 0.5) is 0 Å². The van der Waals surface area contributed by atoms with Gasteiger partial charge in [-0.05, 0) is 91.2 Å². The molecule has 1 saturated carbocycles. The van der Waals surface area contributed by atoms with Gasteiger partial charge in [-0.25, -0.2) is 0 Å². The van der Waals surface area contributed by atoms with Crippen molar-refractivity contribution in [1.82, 2.24) is 0 Å². The maximum absolute atomic E-state index is 6.11. The Morgan fingerprint density at radius 1 is 1.08 bits per heavy atom. The first-order valence-corrected chi connectivity index (χ1v) is 10.3. The van der Waals surface area contributed by atoms with E-state index in [4.69, 9.17) is 10.5 Å². The summed E-state index contributed by atoms with van der Waals surface area (Å²) in [5.74, 6) is 2.27. The zero-order valence-corrected chi connectivity index (χ0v) is 16.5. The van der Waals surface area contributed by atoms with Crippen molar-refractivity contribution >= 4 is 12.6 Å². The number of hydrogen-bond donors (Lipinski definition) is 2. The van der Waals surface area contributed by atoms with E-state index in [1.807, 2.05) is 6.07 Å². The summed E-state index contributed by atoms with van der Waals surface area (Å²) in [4.78, 5) is 0.907. The first kappa shape index (κ1) is 17.9. The van der Waals surface area contributed by atoms with Gasteiger partial charge >= 0.3 is 0 Å². The highest BCUT2D eigenvalue weighted by molar-refractivity contribution is 7.80. The number of benzene rings is 2. The summed E-state index contributed by atoms with van der Waals surface area (Å²) < 4.78 is 5.42. The molecule has 2 N–H and O–H groups in total. The molecule has 0 radical (unpaired) electrons. The van der Waals surface area contributed by atoms with Gasteiger partial charge < -0.3 is 10.5 Å². The van der Waals surface area contributed by atoms with Crippen molar-refractivity contribution in [3.8, 4) is 5.75 Å². The van der Waals surface area contributed by atoms with E-state index in [2.05, 4.69) is 43.0 Å². The van der Waals surface area contributed by atoms with Crippen LogP contribution in [0.1, 0.15) is 53.9 Å². The molecule has 0 spiro atoms. The fraction of sp³-hybridized carbons (Fsp3) is 0.478. The monoisotopic (exact) mass is 367 g/mol. The van der Waals surface area contributed by atoms with E-state index < -0.39 is 0 Å². The largest absolute Gasteiger partial charge is 0.496 e. The van der Waals surface area contributed by atoms with Gasteiger partial charge in [-0.3, -0.25) is 0 Å². The summed E-state index contributed by atoms with van der Waals surface area (Å²) in [6, 6.07) is 14.0. The molecule has 0 saturated heterocycles. The second-order valence-corrected chi connectivity index (χ2v) is 8.60. The lowest BCUT2D eigenvalue weighted by atomic mass is 9.79. The quantitative estimate of drug-likeness (QED) is 0.752. The Bertz CT molecular complexity index is 788. The van der Waals surface area contributed by atoms with Gasteiger partial charge in [0.2, 0.25) is 0 Å². The molecule has 0 aliphatic heterocycles. The molecule has 2 aromatic carbocycles. The van der Waals surface area contributed by atoms with E-state index in [0.717, 1.165) is 23.5 Å². The Hall–Kier alpha value is -1.45. The first-order valence-electron chi connectivity index (χ1n) is 9.85. The molecule has 1 fully saturated rings. The summed E-state index contributed by atoms with van der Waals surface area (Å²) in [5.41, 5.74) is 12.1. The van der Waals surface area contributed by atoms with Gasteiger partial charge in [0.1, 0.15) is 5.75 Å². The van der Waals surface area contributed by atoms with Gasteiger partial charge in [0, 0.05) is 10.9 Å². The zero-order valence-electron chi connectivity index (χ0n) is 15.6. The van der Waals surface area contributed by atoms with Crippen molar-refractivity contribution in [1.29, 1.82) is 0 Å². The maximum Gasteiger partial charge on any atom is 0.132 e. The van der Waals surface area contributed by atoms with Crippen molar-refractivity contribution in [2.24, 2.45) is 11.7 Å². The van der Waals surface area contributed by atoms with E-state index in [1.165, 1.54) is 43.2 Å². The molecule has 0 bridgehead atoms. The molecule has 0 heterocycles. The van der Waals surface area contributed by atoms with Gasteiger partial charge in [-0.1, -0.05) is 24.3 Å². The highest BCUT2D eigenvalue weighted by Gasteiger charge is 2.25. The lowest BCUT2D eigenvalue weighted by Gasteiger charge is -2.26. The summed E-state index contributed by atoms with van der Waals surface area (Å²) in [7, 11) is 1.71. The molecule has 2 aliphatic rings. The van der Waals surface area contributed by atoms with Gasteiger partial charge in [0.05, 0.1) is 7.11 Å². The predicted molar refractivity (Wildman–Crippen MR) is 110 cm³/mol. The second-order valence-electron chi connectivity index (χ2n) is 8.12. The van der Waals surface area contributed by atoms with Crippen molar-refractivity contribution in [3.05, 3.63) is 58.7 Å². The molecule has 2 aliphatic carbocycles. The molecular weight excluding hydrogens is 338 g/mol. The second kappa shape index (κ2) is 7.66. The highest BCUT2D eigenvalue weighted by Crippen LogP contribution is 2.37. The fourth-order valence-electron chi connectivity index (χ4n) is 4.78. The molecule has 3 heteroatoms. The van der Waals surface area contributed by atoms with E-state index in [9.17, 15) is 0 Å². The molecule has 2 nitrogen and oxygen atoms in total. The SMILES string of the molecule is COc1cc(CC2CCc3cc(C4CCC(N)C4)ccc3C2)ccc1S. The minimum absolute atomic E-state index is 0.404. The van der Waals surface area contributed by atoms with Crippen molar-refractivity contribution in [2.45, 2.75) is 61.8 Å². The first-order chi connectivity index (χ1) is 12.6. The van der Waals surface area contributed by atoms with Crippen LogP contribution in [0.25, 0.3) is 0 Å². The van der Waals surface area contributed by atoms with Crippen molar-refractivity contribution < 1.29 is 4.74 Å². The third kappa shape index (κ3) is 3.79. The van der Waals surface area contributed by atoms with Gasteiger partial charge in [0.25, 0.3) is 0 Å². The van der Waals surface area contributed by atoms with Crippen LogP contribution in [0.15, 0.2) is 41.3 Å². The Labute approximate surface area is 162 Å². The third-order valence-electron chi connectivity index (χ3n) is 6.27. The number of aryl methyl sites for hydroxylation is 1. The van der Waals surface area contributed by atoms with Crippen molar-refractivity contribution in [3.63, 3.8) is 0 Å². The molecular formula is C23H29NOS. The topological polar surface area (TPSA) is 35.2 Å². The summed E-state index contributed by atoms with van der Waals surface area (Å²) in [6.07, 6.45) is 8.36. The van der Waals surface area contributed by atoms with Crippen molar-refractivity contribution in [2.75, 3.05) is 7.11 Å². The van der Waals surface area contributed by atoms with Crippen LogP contribution >= 0.6 is 12.6 Å². The number of fused-ring (bicyclic) bond motifs is 1. The van der Waals surface area contributed by atoms with Crippen LogP contribution in [0.3, 0.4) is 0 Å². The molecule has 2 aromatic rings. The van der Waals surface area contributed by atoms with Gasteiger partial charge in [0.15, 0.2) is 0 Å². The standard InChI is InChI=1S/C23H29NOS/c1-25-22-12-16(3-9-23(22)26)10-15-2-4-18-13-19(6-5-17(18)11-15)20-7-8-21(24)14-20/h3,5-6,9,12-13,15,20-21,26H,2,4,7-8,10-11,14,24H2,1H3. The summed E-state index contributed by atoms with van der Waals surface area (Å²) in [5, 5.41) is 0. The minimum atomic E-state index is 0.404. The van der Waals surface area contributed by atoms with E-state index in [1.54, 1.807) is 18.2 Å². The van der Waals surface area contributed by atoms with E-state index in [0.29, 0.717) is 17.9 Å². The minimum Gasteiger partial charge on any atom is -0.496 e. The van der Waals surface area contributed by atoms with E-state index in [-0.39, 0.29) is 0 Å².